The summed E-state index contributed by atoms with van der Waals surface area (Å²) in [4.78, 5) is 0.0129. The third kappa shape index (κ3) is 3.44. The molecule has 2 N–H and O–H groups in total. The van der Waals surface area contributed by atoms with Crippen LogP contribution in [0.2, 0.25) is 0 Å². The zero-order valence-corrected chi connectivity index (χ0v) is 13.2. The van der Waals surface area contributed by atoms with Crippen LogP contribution >= 0.6 is 0 Å². The van der Waals surface area contributed by atoms with Crippen molar-refractivity contribution < 1.29 is 12.8 Å². The summed E-state index contributed by atoms with van der Waals surface area (Å²) in [6, 6.07) is 4.11. The highest BCUT2D eigenvalue weighted by atomic mass is 32.2. The van der Waals surface area contributed by atoms with Gasteiger partial charge in [-0.2, -0.15) is 4.31 Å². The predicted molar refractivity (Wildman–Crippen MR) is 80.7 cm³/mol. The van der Waals surface area contributed by atoms with E-state index in [1.54, 1.807) is 0 Å². The Labute approximate surface area is 126 Å². The van der Waals surface area contributed by atoms with Gasteiger partial charge in [0.05, 0.1) is 4.90 Å². The zero-order valence-electron chi connectivity index (χ0n) is 12.4. The van der Waals surface area contributed by atoms with Crippen LogP contribution in [0.1, 0.15) is 38.2 Å². The Morgan fingerprint density at radius 2 is 2.00 bits per heavy atom. The molecule has 0 saturated carbocycles. The van der Waals surface area contributed by atoms with Crippen molar-refractivity contribution >= 4 is 10.0 Å². The average Bonchev–Trinajstić information content (AvgIpc) is 2.48. The lowest BCUT2D eigenvalue weighted by molar-refractivity contribution is 0.262. The van der Waals surface area contributed by atoms with Crippen LogP contribution in [0.4, 0.5) is 4.39 Å². The summed E-state index contributed by atoms with van der Waals surface area (Å²) < 4.78 is 40.6. The maximum atomic E-state index is 13.7. The molecule has 1 aromatic carbocycles. The minimum Gasteiger partial charge on any atom is -0.326 e. The van der Waals surface area contributed by atoms with E-state index in [1.165, 1.54) is 22.5 Å². The Kier molecular flexibility index (Phi) is 5.35. The molecule has 118 valence electrons. The van der Waals surface area contributed by atoms with Gasteiger partial charge in [-0.05, 0) is 30.9 Å². The van der Waals surface area contributed by atoms with Crippen LogP contribution in [0.3, 0.4) is 0 Å². The molecule has 1 aromatic rings. The van der Waals surface area contributed by atoms with Gasteiger partial charge in [0, 0.05) is 25.2 Å². The molecular weight excluding hydrogens is 291 g/mol. The molecule has 2 rings (SSSR count). The number of rotatable bonds is 5. The number of hydrogen-bond acceptors (Lipinski definition) is 3. The van der Waals surface area contributed by atoms with E-state index in [9.17, 15) is 12.8 Å². The summed E-state index contributed by atoms with van der Waals surface area (Å²) in [7, 11) is -3.65. The molecule has 0 unspecified atom stereocenters. The number of sulfonamides is 1. The third-order valence-corrected chi connectivity index (χ3v) is 6.15. The first-order chi connectivity index (χ1) is 10.0. The molecule has 21 heavy (non-hydrogen) atoms. The molecule has 0 bridgehead atoms. The van der Waals surface area contributed by atoms with E-state index in [4.69, 9.17) is 5.73 Å². The monoisotopic (exact) mass is 314 g/mol. The highest BCUT2D eigenvalue weighted by molar-refractivity contribution is 7.89. The quantitative estimate of drug-likeness (QED) is 0.908. The first-order valence-corrected chi connectivity index (χ1v) is 8.92. The molecule has 0 amide bonds. The molecule has 6 heteroatoms. The fourth-order valence-corrected chi connectivity index (χ4v) is 4.68. The Balaban J connectivity index is 2.22. The van der Waals surface area contributed by atoms with Crippen molar-refractivity contribution in [3.63, 3.8) is 0 Å². The summed E-state index contributed by atoms with van der Waals surface area (Å²) in [5.41, 5.74) is 5.59. The van der Waals surface area contributed by atoms with E-state index in [-0.39, 0.29) is 17.0 Å². The Morgan fingerprint density at radius 3 is 2.57 bits per heavy atom. The summed E-state index contributed by atoms with van der Waals surface area (Å²) in [6.45, 7) is 3.04. The average molecular weight is 314 g/mol. The summed E-state index contributed by atoms with van der Waals surface area (Å²) in [5.74, 6) is 0.0439. The minimum absolute atomic E-state index is 0.0129. The minimum atomic E-state index is -3.65. The van der Waals surface area contributed by atoms with Crippen LogP contribution in [0.5, 0.6) is 0 Å². The van der Waals surface area contributed by atoms with Gasteiger partial charge in [-0.15, -0.1) is 0 Å². The molecule has 0 atom stereocenters. The molecule has 1 saturated heterocycles. The van der Waals surface area contributed by atoms with Gasteiger partial charge in [-0.1, -0.05) is 25.8 Å². The summed E-state index contributed by atoms with van der Waals surface area (Å²) in [6.07, 6.45) is 4.02. The van der Waals surface area contributed by atoms with E-state index in [0.29, 0.717) is 19.0 Å². The topological polar surface area (TPSA) is 63.4 Å². The van der Waals surface area contributed by atoms with Gasteiger partial charge < -0.3 is 5.73 Å². The fourth-order valence-electron chi connectivity index (χ4n) is 2.96. The van der Waals surface area contributed by atoms with E-state index >= 15 is 0 Å². The lowest BCUT2D eigenvalue weighted by atomic mass is 9.94. The number of piperidine rings is 1. The van der Waals surface area contributed by atoms with Crippen LogP contribution in [0.25, 0.3) is 0 Å². The van der Waals surface area contributed by atoms with Crippen molar-refractivity contribution in [2.24, 2.45) is 11.7 Å². The fraction of sp³-hybridized carbons (Fsp3) is 0.600. The number of benzene rings is 1. The number of halogens is 1. The molecule has 1 aliphatic rings. The molecular formula is C15H23FN2O2S. The van der Waals surface area contributed by atoms with Gasteiger partial charge >= 0.3 is 0 Å². The normalized spacial score (nSPS) is 18.0. The second-order valence-electron chi connectivity index (χ2n) is 5.56. The van der Waals surface area contributed by atoms with E-state index in [0.717, 1.165) is 25.7 Å². The van der Waals surface area contributed by atoms with Crippen molar-refractivity contribution in [1.29, 1.82) is 0 Å². The molecule has 0 aliphatic carbocycles. The van der Waals surface area contributed by atoms with Crippen molar-refractivity contribution in [2.45, 2.75) is 44.0 Å². The number of nitrogens with two attached hydrogens (primary N) is 1. The van der Waals surface area contributed by atoms with E-state index < -0.39 is 15.8 Å². The van der Waals surface area contributed by atoms with Crippen LogP contribution in [-0.2, 0) is 16.6 Å². The first-order valence-electron chi connectivity index (χ1n) is 7.48. The predicted octanol–water partition coefficient (Wildman–Crippen LogP) is 2.49. The van der Waals surface area contributed by atoms with Crippen LogP contribution < -0.4 is 5.73 Å². The van der Waals surface area contributed by atoms with Crippen LogP contribution in [0, 0.1) is 11.7 Å². The second-order valence-corrected chi connectivity index (χ2v) is 7.46. The standard InChI is InChI=1S/C15H23FN2O2S/c1-2-4-12-7-9-18(10-8-12)21(19,20)15-6-3-5-14(16)13(15)11-17/h3,5-6,12H,2,4,7-11,17H2,1H3. The SMILES string of the molecule is CCCC1CCN(S(=O)(=O)c2cccc(F)c2CN)CC1. The second kappa shape index (κ2) is 6.85. The Bertz CT molecular complexity index is 581. The van der Waals surface area contributed by atoms with Crippen molar-refractivity contribution in [2.75, 3.05) is 13.1 Å². The van der Waals surface area contributed by atoms with Gasteiger partial charge in [0.25, 0.3) is 0 Å². The maximum Gasteiger partial charge on any atom is 0.243 e. The molecule has 1 heterocycles. The third-order valence-electron chi connectivity index (χ3n) is 4.17. The highest BCUT2D eigenvalue weighted by Crippen LogP contribution is 2.28. The number of nitrogens with zero attached hydrogens (tertiary/aromatic N) is 1. The summed E-state index contributed by atoms with van der Waals surface area (Å²) in [5, 5.41) is 0. The van der Waals surface area contributed by atoms with Gasteiger partial charge in [0.1, 0.15) is 5.82 Å². The molecule has 0 spiro atoms. The lowest BCUT2D eigenvalue weighted by Crippen LogP contribution is -2.39. The molecule has 1 fully saturated rings. The van der Waals surface area contributed by atoms with E-state index in [2.05, 4.69) is 6.92 Å². The van der Waals surface area contributed by atoms with Gasteiger partial charge in [-0.25, -0.2) is 12.8 Å². The molecule has 0 aromatic heterocycles. The van der Waals surface area contributed by atoms with Crippen molar-refractivity contribution in [3.8, 4) is 0 Å². The first kappa shape index (κ1) is 16.4. The Hall–Kier alpha value is -0.980. The summed E-state index contributed by atoms with van der Waals surface area (Å²) >= 11 is 0. The molecule has 1 aliphatic heterocycles. The Morgan fingerprint density at radius 1 is 1.33 bits per heavy atom. The zero-order chi connectivity index (χ0) is 15.5. The van der Waals surface area contributed by atoms with Crippen LogP contribution in [-0.4, -0.2) is 25.8 Å². The lowest BCUT2D eigenvalue weighted by Gasteiger charge is -2.31. The van der Waals surface area contributed by atoms with Crippen molar-refractivity contribution in [3.05, 3.63) is 29.6 Å². The maximum absolute atomic E-state index is 13.7. The smallest absolute Gasteiger partial charge is 0.243 e. The van der Waals surface area contributed by atoms with Gasteiger partial charge in [-0.3, -0.25) is 0 Å². The molecule has 4 nitrogen and oxygen atoms in total. The van der Waals surface area contributed by atoms with Crippen LogP contribution in [0.15, 0.2) is 23.1 Å². The van der Waals surface area contributed by atoms with Gasteiger partial charge in [0.2, 0.25) is 10.0 Å². The van der Waals surface area contributed by atoms with Crippen molar-refractivity contribution in [1.82, 2.24) is 4.31 Å². The highest BCUT2D eigenvalue weighted by Gasteiger charge is 2.31. The number of hydrogen-bond donors (Lipinski definition) is 1. The van der Waals surface area contributed by atoms with Gasteiger partial charge in [0.15, 0.2) is 0 Å². The van der Waals surface area contributed by atoms with E-state index in [1.807, 2.05) is 0 Å². The largest absolute Gasteiger partial charge is 0.326 e. The molecule has 0 radical (unpaired) electrons.